The summed E-state index contributed by atoms with van der Waals surface area (Å²) in [6, 6.07) is 0. The Morgan fingerprint density at radius 1 is 1.23 bits per heavy atom. The first-order valence-electron chi connectivity index (χ1n) is 5.57. The molecule has 1 heterocycles. The molecule has 1 aliphatic carbocycles. The molecule has 1 saturated heterocycles. The minimum absolute atomic E-state index is 0.0515. The van der Waals surface area contributed by atoms with Crippen LogP contribution < -0.4 is 0 Å². The average Bonchev–Trinajstić information content (AvgIpc) is 2.50. The largest absolute Gasteiger partial charge is 0.387 e. The van der Waals surface area contributed by atoms with Gasteiger partial charge in [0, 0.05) is 13.0 Å². The van der Waals surface area contributed by atoms with Crippen LogP contribution in [0.25, 0.3) is 0 Å². The van der Waals surface area contributed by atoms with Crippen molar-refractivity contribution in [3.8, 4) is 0 Å². The molecular formula is C11H20O2. The highest BCUT2D eigenvalue weighted by molar-refractivity contribution is 4.96. The summed E-state index contributed by atoms with van der Waals surface area (Å²) in [4.78, 5) is 0. The highest BCUT2D eigenvalue weighted by Crippen LogP contribution is 2.40. The lowest BCUT2D eigenvalue weighted by Gasteiger charge is -2.37. The monoisotopic (exact) mass is 184 g/mol. The molecule has 2 nitrogen and oxygen atoms in total. The third-order valence-electron chi connectivity index (χ3n) is 3.89. The lowest BCUT2D eigenvalue weighted by molar-refractivity contribution is -0.0787. The van der Waals surface area contributed by atoms with Gasteiger partial charge in [-0.2, -0.15) is 0 Å². The van der Waals surface area contributed by atoms with Crippen molar-refractivity contribution in [3.05, 3.63) is 0 Å². The van der Waals surface area contributed by atoms with Crippen molar-refractivity contribution in [2.45, 2.75) is 57.2 Å². The Hall–Kier alpha value is -0.0800. The van der Waals surface area contributed by atoms with Gasteiger partial charge >= 0.3 is 0 Å². The SMILES string of the molecule is CC1OCCC1(O)C1CCCCC1. The van der Waals surface area contributed by atoms with E-state index < -0.39 is 5.60 Å². The molecule has 0 radical (unpaired) electrons. The van der Waals surface area contributed by atoms with Gasteiger partial charge in [0.05, 0.1) is 11.7 Å². The molecule has 0 amide bonds. The molecule has 1 saturated carbocycles. The summed E-state index contributed by atoms with van der Waals surface area (Å²) in [7, 11) is 0. The van der Waals surface area contributed by atoms with Crippen molar-refractivity contribution in [2.75, 3.05) is 6.61 Å². The zero-order chi connectivity index (χ0) is 9.31. The molecule has 0 aromatic carbocycles. The quantitative estimate of drug-likeness (QED) is 0.676. The van der Waals surface area contributed by atoms with Crippen LogP contribution in [-0.2, 0) is 4.74 Å². The van der Waals surface area contributed by atoms with E-state index in [-0.39, 0.29) is 6.10 Å². The fraction of sp³-hybridized carbons (Fsp3) is 1.00. The maximum Gasteiger partial charge on any atom is 0.0955 e. The molecule has 2 unspecified atom stereocenters. The van der Waals surface area contributed by atoms with Gasteiger partial charge in [-0.1, -0.05) is 19.3 Å². The van der Waals surface area contributed by atoms with Crippen LogP contribution in [0.15, 0.2) is 0 Å². The number of rotatable bonds is 1. The lowest BCUT2D eigenvalue weighted by Crippen LogP contribution is -2.44. The van der Waals surface area contributed by atoms with Gasteiger partial charge in [-0.3, -0.25) is 0 Å². The van der Waals surface area contributed by atoms with Crippen LogP contribution in [0.1, 0.15) is 45.4 Å². The van der Waals surface area contributed by atoms with Gasteiger partial charge in [-0.15, -0.1) is 0 Å². The second-order valence-corrected chi connectivity index (χ2v) is 4.59. The van der Waals surface area contributed by atoms with Gasteiger partial charge in [-0.25, -0.2) is 0 Å². The zero-order valence-corrected chi connectivity index (χ0v) is 8.46. The van der Waals surface area contributed by atoms with Gasteiger partial charge < -0.3 is 9.84 Å². The highest BCUT2D eigenvalue weighted by atomic mass is 16.5. The molecule has 0 bridgehead atoms. The summed E-state index contributed by atoms with van der Waals surface area (Å²) in [6.07, 6.45) is 7.23. The topological polar surface area (TPSA) is 29.5 Å². The van der Waals surface area contributed by atoms with Gasteiger partial charge in [0.25, 0.3) is 0 Å². The van der Waals surface area contributed by atoms with Crippen LogP contribution in [-0.4, -0.2) is 23.4 Å². The fourth-order valence-electron chi connectivity index (χ4n) is 2.89. The van der Waals surface area contributed by atoms with Crippen molar-refractivity contribution >= 4 is 0 Å². The first-order valence-corrected chi connectivity index (χ1v) is 5.57. The second-order valence-electron chi connectivity index (χ2n) is 4.59. The van der Waals surface area contributed by atoms with Crippen LogP contribution in [0.5, 0.6) is 0 Å². The van der Waals surface area contributed by atoms with Gasteiger partial charge in [0.2, 0.25) is 0 Å². The van der Waals surface area contributed by atoms with Gasteiger partial charge in [0.15, 0.2) is 0 Å². The number of hydrogen-bond donors (Lipinski definition) is 1. The number of hydrogen-bond acceptors (Lipinski definition) is 2. The Labute approximate surface area is 80.3 Å². The summed E-state index contributed by atoms with van der Waals surface area (Å²) < 4.78 is 5.47. The maximum atomic E-state index is 10.5. The van der Waals surface area contributed by atoms with E-state index in [1.165, 1.54) is 32.1 Å². The van der Waals surface area contributed by atoms with E-state index in [9.17, 15) is 5.11 Å². The molecule has 13 heavy (non-hydrogen) atoms. The van der Waals surface area contributed by atoms with E-state index in [0.717, 1.165) is 13.0 Å². The third kappa shape index (κ3) is 1.62. The molecule has 2 fully saturated rings. The van der Waals surface area contributed by atoms with E-state index in [1.807, 2.05) is 6.92 Å². The van der Waals surface area contributed by atoms with E-state index in [2.05, 4.69) is 0 Å². The molecule has 0 aromatic rings. The zero-order valence-electron chi connectivity index (χ0n) is 8.46. The fourth-order valence-corrected chi connectivity index (χ4v) is 2.89. The van der Waals surface area contributed by atoms with Crippen LogP contribution in [0.4, 0.5) is 0 Å². The van der Waals surface area contributed by atoms with Gasteiger partial charge in [0.1, 0.15) is 0 Å². The summed E-state index contributed by atoms with van der Waals surface area (Å²) in [5.74, 6) is 0.499. The summed E-state index contributed by atoms with van der Waals surface area (Å²) in [6.45, 7) is 2.76. The molecule has 0 aromatic heterocycles. The summed E-state index contributed by atoms with van der Waals surface area (Å²) in [5.41, 5.74) is -0.500. The Morgan fingerprint density at radius 2 is 1.92 bits per heavy atom. The van der Waals surface area contributed by atoms with Crippen LogP contribution in [0.2, 0.25) is 0 Å². The van der Waals surface area contributed by atoms with Crippen molar-refractivity contribution in [1.82, 2.24) is 0 Å². The molecule has 76 valence electrons. The standard InChI is InChI=1S/C11H20O2/c1-9-11(12,7-8-13-9)10-5-3-2-4-6-10/h9-10,12H,2-8H2,1H3. The summed E-state index contributed by atoms with van der Waals surface area (Å²) >= 11 is 0. The van der Waals surface area contributed by atoms with E-state index in [4.69, 9.17) is 4.74 Å². The van der Waals surface area contributed by atoms with Crippen LogP contribution in [0, 0.1) is 5.92 Å². The lowest BCUT2D eigenvalue weighted by atomic mass is 9.74. The Kier molecular flexibility index (Phi) is 2.61. The molecule has 0 spiro atoms. The smallest absolute Gasteiger partial charge is 0.0955 e. The Bertz CT molecular complexity index is 175. The van der Waals surface area contributed by atoms with Crippen molar-refractivity contribution in [2.24, 2.45) is 5.92 Å². The predicted molar refractivity (Wildman–Crippen MR) is 51.6 cm³/mol. The highest BCUT2D eigenvalue weighted by Gasteiger charge is 2.45. The van der Waals surface area contributed by atoms with Crippen LogP contribution >= 0.6 is 0 Å². The molecular weight excluding hydrogens is 164 g/mol. The van der Waals surface area contributed by atoms with E-state index in [0.29, 0.717) is 5.92 Å². The molecule has 2 rings (SSSR count). The molecule has 1 N–H and O–H groups in total. The molecule has 2 heteroatoms. The minimum Gasteiger partial charge on any atom is -0.387 e. The third-order valence-corrected chi connectivity index (χ3v) is 3.89. The first-order chi connectivity index (χ1) is 6.23. The molecule has 1 aliphatic heterocycles. The summed E-state index contributed by atoms with van der Waals surface area (Å²) in [5, 5.41) is 10.5. The predicted octanol–water partition coefficient (Wildman–Crippen LogP) is 2.11. The van der Waals surface area contributed by atoms with Crippen molar-refractivity contribution in [1.29, 1.82) is 0 Å². The molecule has 2 aliphatic rings. The minimum atomic E-state index is -0.500. The number of ether oxygens (including phenoxy) is 1. The van der Waals surface area contributed by atoms with Gasteiger partial charge in [-0.05, 0) is 25.7 Å². The van der Waals surface area contributed by atoms with E-state index in [1.54, 1.807) is 0 Å². The normalized spacial score (nSPS) is 42.5. The Morgan fingerprint density at radius 3 is 2.46 bits per heavy atom. The number of aliphatic hydroxyl groups is 1. The maximum absolute atomic E-state index is 10.5. The Balaban J connectivity index is 2.03. The van der Waals surface area contributed by atoms with Crippen molar-refractivity contribution in [3.63, 3.8) is 0 Å². The average molecular weight is 184 g/mol. The van der Waals surface area contributed by atoms with E-state index >= 15 is 0 Å². The first kappa shape index (κ1) is 9.47. The molecule has 2 atom stereocenters. The van der Waals surface area contributed by atoms with Crippen molar-refractivity contribution < 1.29 is 9.84 Å². The van der Waals surface area contributed by atoms with Crippen LogP contribution in [0.3, 0.4) is 0 Å². The second kappa shape index (κ2) is 3.58.